The fourth-order valence-electron chi connectivity index (χ4n) is 2.27. The number of carbonyl (C=O) groups excluding carboxylic acids is 1. The number of carbonyl (C=O) groups is 1. The van der Waals surface area contributed by atoms with Crippen molar-refractivity contribution in [2.24, 2.45) is 5.14 Å². The minimum Gasteiger partial charge on any atom is -0.382 e. The molecule has 0 atom stereocenters. The first-order chi connectivity index (χ1) is 13.1. The molecule has 0 bridgehead atoms. The van der Waals surface area contributed by atoms with Gasteiger partial charge >= 0.3 is 0 Å². The van der Waals surface area contributed by atoms with E-state index >= 15 is 0 Å². The number of ketones is 1. The minimum atomic E-state index is -3.83. The maximum absolute atomic E-state index is 14.0. The molecule has 0 unspecified atom stereocenters. The molecule has 0 saturated heterocycles. The van der Waals surface area contributed by atoms with Crippen LogP contribution in [0.2, 0.25) is 0 Å². The smallest absolute Gasteiger partial charge is 0.238 e. The molecule has 0 fully saturated rings. The van der Waals surface area contributed by atoms with E-state index in [1.54, 1.807) is 0 Å². The number of rotatable bonds is 5. The zero-order valence-electron chi connectivity index (χ0n) is 13.7. The molecule has 1 heterocycles. The third-order valence-electron chi connectivity index (χ3n) is 3.53. The molecule has 0 saturated carbocycles. The summed E-state index contributed by atoms with van der Waals surface area (Å²) in [5.74, 6) is -3.19. The van der Waals surface area contributed by atoms with E-state index < -0.39 is 33.0 Å². The van der Waals surface area contributed by atoms with Crippen molar-refractivity contribution in [2.45, 2.75) is 4.90 Å². The Hall–Kier alpha value is -2.41. The van der Waals surface area contributed by atoms with Gasteiger partial charge in [-0.2, -0.15) is 0 Å². The molecule has 146 valence electrons. The van der Waals surface area contributed by atoms with E-state index in [1.165, 1.54) is 24.3 Å². The number of thiazole rings is 1. The van der Waals surface area contributed by atoms with Gasteiger partial charge in [-0.25, -0.2) is 27.3 Å². The lowest BCUT2D eigenvalue weighted by Crippen LogP contribution is -2.11. The molecule has 0 aliphatic rings. The predicted octanol–water partition coefficient (Wildman–Crippen LogP) is 3.39. The van der Waals surface area contributed by atoms with Crippen molar-refractivity contribution in [3.8, 4) is 0 Å². The first-order valence-corrected chi connectivity index (χ1v) is 10.6. The van der Waals surface area contributed by atoms with E-state index in [2.05, 4.69) is 26.2 Å². The quantitative estimate of drug-likeness (QED) is 0.472. The van der Waals surface area contributed by atoms with Crippen LogP contribution in [0.25, 0.3) is 0 Å². The Balaban J connectivity index is 1.89. The molecule has 0 aliphatic heterocycles. The molecule has 2 aromatic carbocycles. The molecule has 3 rings (SSSR count). The van der Waals surface area contributed by atoms with Crippen molar-refractivity contribution < 1.29 is 22.0 Å². The third-order valence-corrected chi connectivity index (χ3v) is 5.90. The highest BCUT2D eigenvalue weighted by Gasteiger charge is 2.25. The SMILES string of the molecule is Nc1nc(Nc2ccc(S(N)(=O)=O)cc2)sc1C(=O)c1c(F)cc(Br)cc1F. The summed E-state index contributed by atoms with van der Waals surface area (Å²) in [5, 5.41) is 8.04. The normalized spacial score (nSPS) is 11.4. The molecule has 0 spiro atoms. The van der Waals surface area contributed by atoms with Crippen LogP contribution >= 0.6 is 27.3 Å². The number of halogens is 3. The molecular weight excluding hydrogens is 478 g/mol. The lowest BCUT2D eigenvalue weighted by Gasteiger charge is -2.04. The number of nitrogens with zero attached hydrogens (tertiary/aromatic N) is 1. The minimum absolute atomic E-state index is 0.0752. The highest BCUT2D eigenvalue weighted by Crippen LogP contribution is 2.31. The standard InChI is InChI=1S/C16H11BrF2N4O3S2/c17-7-5-10(18)12(11(19)6-7)13(24)14-15(20)23-16(27-14)22-8-1-3-9(4-2-8)28(21,25)26/h1-6H,20H2,(H,22,23)(H2,21,25,26). The van der Waals surface area contributed by atoms with Gasteiger partial charge in [-0.3, -0.25) is 4.79 Å². The summed E-state index contributed by atoms with van der Waals surface area (Å²) in [6.07, 6.45) is 0. The van der Waals surface area contributed by atoms with Gasteiger partial charge in [0.2, 0.25) is 15.8 Å². The third kappa shape index (κ3) is 4.19. The molecule has 12 heteroatoms. The Morgan fingerprint density at radius 2 is 1.71 bits per heavy atom. The van der Waals surface area contributed by atoms with Crippen LogP contribution in [0.5, 0.6) is 0 Å². The zero-order chi connectivity index (χ0) is 20.6. The van der Waals surface area contributed by atoms with Crippen molar-refractivity contribution in [1.29, 1.82) is 0 Å². The molecule has 0 aliphatic carbocycles. The number of nitrogens with two attached hydrogens (primary N) is 2. The number of anilines is 3. The van der Waals surface area contributed by atoms with Crippen molar-refractivity contribution in [3.63, 3.8) is 0 Å². The van der Waals surface area contributed by atoms with Gasteiger partial charge in [0.1, 0.15) is 22.3 Å². The van der Waals surface area contributed by atoms with Gasteiger partial charge in [-0.15, -0.1) is 0 Å². The lowest BCUT2D eigenvalue weighted by molar-refractivity contribution is 0.103. The average molecular weight is 489 g/mol. The van der Waals surface area contributed by atoms with Crippen molar-refractivity contribution in [2.75, 3.05) is 11.1 Å². The number of hydrogen-bond donors (Lipinski definition) is 3. The molecule has 5 N–H and O–H groups in total. The zero-order valence-corrected chi connectivity index (χ0v) is 17.0. The average Bonchev–Trinajstić information content (AvgIpc) is 2.93. The maximum atomic E-state index is 14.0. The Kier molecular flexibility index (Phi) is 5.48. The summed E-state index contributed by atoms with van der Waals surface area (Å²) in [7, 11) is -3.83. The Morgan fingerprint density at radius 3 is 2.25 bits per heavy atom. The first-order valence-electron chi connectivity index (χ1n) is 7.41. The van der Waals surface area contributed by atoms with Gasteiger partial charge in [0, 0.05) is 10.2 Å². The van der Waals surface area contributed by atoms with Crippen LogP contribution < -0.4 is 16.2 Å². The largest absolute Gasteiger partial charge is 0.382 e. The van der Waals surface area contributed by atoms with Crippen molar-refractivity contribution >= 4 is 59.7 Å². The number of hydrogen-bond acceptors (Lipinski definition) is 7. The van der Waals surface area contributed by atoms with E-state index in [1.807, 2.05) is 0 Å². The van der Waals surface area contributed by atoms with Gasteiger partial charge < -0.3 is 11.1 Å². The molecule has 7 nitrogen and oxygen atoms in total. The van der Waals surface area contributed by atoms with Crippen LogP contribution in [-0.2, 0) is 10.0 Å². The topological polar surface area (TPSA) is 128 Å². The number of nitrogen functional groups attached to an aromatic ring is 1. The molecule has 1 aromatic heterocycles. The van der Waals surface area contributed by atoms with E-state index in [0.717, 1.165) is 23.5 Å². The van der Waals surface area contributed by atoms with E-state index in [0.29, 0.717) is 5.69 Å². The van der Waals surface area contributed by atoms with Crippen LogP contribution in [-0.4, -0.2) is 19.2 Å². The second-order valence-electron chi connectivity index (χ2n) is 5.50. The first kappa shape index (κ1) is 20.3. The lowest BCUT2D eigenvalue weighted by atomic mass is 10.1. The number of aromatic nitrogens is 1. The van der Waals surface area contributed by atoms with Gasteiger partial charge in [-0.05, 0) is 36.4 Å². The summed E-state index contributed by atoms with van der Waals surface area (Å²) in [6, 6.07) is 7.39. The summed E-state index contributed by atoms with van der Waals surface area (Å²) in [4.78, 5) is 16.3. The fourth-order valence-corrected chi connectivity index (χ4v) is 4.04. The number of benzene rings is 2. The summed E-state index contributed by atoms with van der Waals surface area (Å²) >= 11 is 3.75. The van der Waals surface area contributed by atoms with Crippen LogP contribution in [0, 0.1) is 11.6 Å². The molecule has 28 heavy (non-hydrogen) atoms. The summed E-state index contributed by atoms with van der Waals surface area (Å²) in [6.45, 7) is 0. The Labute approximate surface area is 170 Å². The highest BCUT2D eigenvalue weighted by molar-refractivity contribution is 9.10. The number of primary sulfonamides is 1. The molecular formula is C16H11BrF2N4O3S2. The Bertz CT molecular complexity index is 1160. The van der Waals surface area contributed by atoms with Crippen LogP contribution in [0.3, 0.4) is 0 Å². The van der Waals surface area contributed by atoms with Crippen molar-refractivity contribution in [3.05, 3.63) is 62.9 Å². The second kappa shape index (κ2) is 7.54. The van der Waals surface area contributed by atoms with Gasteiger partial charge in [0.05, 0.1) is 10.5 Å². The van der Waals surface area contributed by atoms with Gasteiger partial charge in [-0.1, -0.05) is 27.3 Å². The molecule has 0 radical (unpaired) electrons. The summed E-state index contributed by atoms with van der Waals surface area (Å²) in [5.41, 5.74) is 5.44. The Morgan fingerprint density at radius 1 is 1.14 bits per heavy atom. The molecule has 3 aromatic rings. The van der Waals surface area contributed by atoms with E-state index in [4.69, 9.17) is 10.9 Å². The second-order valence-corrected chi connectivity index (χ2v) is 8.98. The van der Waals surface area contributed by atoms with Gasteiger partial charge in [0.15, 0.2) is 5.13 Å². The summed E-state index contributed by atoms with van der Waals surface area (Å²) < 4.78 is 50.8. The predicted molar refractivity (Wildman–Crippen MR) is 105 cm³/mol. The monoisotopic (exact) mass is 488 g/mol. The molecule has 0 amide bonds. The fraction of sp³-hybridized carbons (Fsp3) is 0. The highest BCUT2D eigenvalue weighted by atomic mass is 79.9. The van der Waals surface area contributed by atoms with Crippen LogP contribution in [0.1, 0.15) is 15.2 Å². The van der Waals surface area contributed by atoms with E-state index in [-0.39, 0.29) is 25.2 Å². The van der Waals surface area contributed by atoms with Crippen LogP contribution in [0.15, 0.2) is 45.8 Å². The van der Waals surface area contributed by atoms with E-state index in [9.17, 15) is 22.0 Å². The van der Waals surface area contributed by atoms with Crippen molar-refractivity contribution in [1.82, 2.24) is 4.98 Å². The number of nitrogens with one attached hydrogen (secondary N) is 1. The van der Waals surface area contributed by atoms with Crippen LogP contribution in [0.4, 0.5) is 25.4 Å². The van der Waals surface area contributed by atoms with Gasteiger partial charge in [0.25, 0.3) is 0 Å². The maximum Gasteiger partial charge on any atom is 0.238 e. The number of sulfonamides is 1.